The number of carbonyl (C=O) groups is 1. The SMILES string of the molecule is CC(C)CNc1ccnc(C(=O)Nc2ccc(OC(C)C)cc2)c1. The van der Waals surface area contributed by atoms with Crippen LogP contribution in [0.25, 0.3) is 0 Å². The number of nitrogens with one attached hydrogen (secondary N) is 2. The molecular formula is C19H25N3O2. The third-order valence-corrected chi connectivity index (χ3v) is 3.19. The zero-order valence-electron chi connectivity index (χ0n) is 14.7. The lowest BCUT2D eigenvalue weighted by atomic mass is 10.2. The molecular weight excluding hydrogens is 302 g/mol. The fourth-order valence-corrected chi connectivity index (χ4v) is 2.07. The Kier molecular flexibility index (Phi) is 6.18. The van der Waals surface area contributed by atoms with Crippen LogP contribution in [0, 0.1) is 5.92 Å². The van der Waals surface area contributed by atoms with Crippen LogP contribution in [0.15, 0.2) is 42.6 Å². The molecule has 0 radical (unpaired) electrons. The highest BCUT2D eigenvalue weighted by atomic mass is 16.5. The first-order valence-corrected chi connectivity index (χ1v) is 8.22. The van der Waals surface area contributed by atoms with E-state index in [0.717, 1.165) is 18.0 Å². The summed E-state index contributed by atoms with van der Waals surface area (Å²) in [4.78, 5) is 16.5. The van der Waals surface area contributed by atoms with E-state index < -0.39 is 0 Å². The molecule has 0 aliphatic carbocycles. The third-order valence-electron chi connectivity index (χ3n) is 3.19. The van der Waals surface area contributed by atoms with E-state index in [-0.39, 0.29) is 12.0 Å². The average Bonchev–Trinajstić information content (AvgIpc) is 2.54. The second-order valence-electron chi connectivity index (χ2n) is 6.35. The number of hydrogen-bond acceptors (Lipinski definition) is 4. The van der Waals surface area contributed by atoms with Crippen LogP contribution in [-0.4, -0.2) is 23.5 Å². The predicted octanol–water partition coefficient (Wildman–Crippen LogP) is 4.19. The van der Waals surface area contributed by atoms with Gasteiger partial charge in [0, 0.05) is 24.1 Å². The molecule has 0 unspecified atom stereocenters. The Labute approximate surface area is 143 Å². The lowest BCUT2D eigenvalue weighted by molar-refractivity contribution is 0.102. The second kappa shape index (κ2) is 8.34. The molecule has 0 aliphatic rings. The molecule has 2 aromatic rings. The molecule has 1 aromatic heterocycles. The van der Waals surface area contributed by atoms with Gasteiger partial charge >= 0.3 is 0 Å². The molecule has 5 nitrogen and oxygen atoms in total. The van der Waals surface area contributed by atoms with E-state index in [1.54, 1.807) is 12.3 Å². The molecule has 1 heterocycles. The first kappa shape index (κ1) is 17.8. The van der Waals surface area contributed by atoms with Gasteiger partial charge in [0.1, 0.15) is 11.4 Å². The number of amides is 1. The molecule has 0 atom stereocenters. The number of rotatable bonds is 7. The van der Waals surface area contributed by atoms with E-state index in [1.807, 2.05) is 44.2 Å². The molecule has 1 amide bonds. The molecule has 0 saturated carbocycles. The van der Waals surface area contributed by atoms with Crippen LogP contribution < -0.4 is 15.4 Å². The standard InChI is InChI=1S/C19H25N3O2/c1-13(2)12-21-16-9-10-20-18(11-16)19(23)22-15-5-7-17(8-6-15)24-14(3)4/h5-11,13-14H,12H2,1-4H3,(H,20,21)(H,22,23). The minimum absolute atomic E-state index is 0.121. The number of carbonyl (C=O) groups excluding carboxylic acids is 1. The van der Waals surface area contributed by atoms with Crippen LogP contribution in [0.3, 0.4) is 0 Å². The molecule has 0 aliphatic heterocycles. The van der Waals surface area contributed by atoms with Gasteiger partial charge in [0.05, 0.1) is 6.10 Å². The molecule has 2 N–H and O–H groups in total. The van der Waals surface area contributed by atoms with Crippen molar-refractivity contribution in [3.63, 3.8) is 0 Å². The van der Waals surface area contributed by atoms with Gasteiger partial charge in [-0.3, -0.25) is 9.78 Å². The Morgan fingerprint density at radius 1 is 1.08 bits per heavy atom. The zero-order valence-corrected chi connectivity index (χ0v) is 14.7. The van der Waals surface area contributed by atoms with Crippen LogP contribution in [0.4, 0.5) is 11.4 Å². The van der Waals surface area contributed by atoms with E-state index in [1.165, 1.54) is 0 Å². The summed E-state index contributed by atoms with van der Waals surface area (Å²) < 4.78 is 5.59. The quantitative estimate of drug-likeness (QED) is 0.800. The van der Waals surface area contributed by atoms with Crippen molar-refractivity contribution in [2.24, 2.45) is 5.92 Å². The van der Waals surface area contributed by atoms with Gasteiger partial charge in [-0.15, -0.1) is 0 Å². The number of benzene rings is 1. The van der Waals surface area contributed by atoms with E-state index >= 15 is 0 Å². The molecule has 0 saturated heterocycles. The highest BCUT2D eigenvalue weighted by molar-refractivity contribution is 6.03. The summed E-state index contributed by atoms with van der Waals surface area (Å²) in [7, 11) is 0. The average molecular weight is 327 g/mol. The van der Waals surface area contributed by atoms with Gasteiger partial charge in [-0.25, -0.2) is 0 Å². The van der Waals surface area contributed by atoms with Gasteiger partial charge in [-0.2, -0.15) is 0 Å². The van der Waals surface area contributed by atoms with Crippen LogP contribution in [0.1, 0.15) is 38.2 Å². The summed E-state index contributed by atoms with van der Waals surface area (Å²) >= 11 is 0. The van der Waals surface area contributed by atoms with Crippen LogP contribution in [0.5, 0.6) is 5.75 Å². The summed E-state index contributed by atoms with van der Waals surface area (Å²) in [5.74, 6) is 1.07. The largest absolute Gasteiger partial charge is 0.491 e. The Bertz CT molecular complexity index is 667. The van der Waals surface area contributed by atoms with Crippen molar-refractivity contribution in [1.29, 1.82) is 0 Å². The number of ether oxygens (including phenoxy) is 1. The first-order chi connectivity index (χ1) is 11.4. The maximum Gasteiger partial charge on any atom is 0.274 e. The van der Waals surface area contributed by atoms with Crippen molar-refractivity contribution in [2.45, 2.75) is 33.8 Å². The van der Waals surface area contributed by atoms with Crippen molar-refractivity contribution in [1.82, 2.24) is 4.98 Å². The van der Waals surface area contributed by atoms with Gasteiger partial charge in [-0.1, -0.05) is 13.8 Å². The summed E-state index contributed by atoms with van der Waals surface area (Å²) in [6, 6.07) is 10.9. The summed E-state index contributed by atoms with van der Waals surface area (Å²) in [6.07, 6.45) is 1.76. The number of aromatic nitrogens is 1. The smallest absolute Gasteiger partial charge is 0.274 e. The Morgan fingerprint density at radius 2 is 1.79 bits per heavy atom. The molecule has 2 rings (SSSR count). The lowest BCUT2D eigenvalue weighted by Gasteiger charge is -2.11. The normalized spacial score (nSPS) is 10.8. The van der Waals surface area contributed by atoms with Crippen LogP contribution >= 0.6 is 0 Å². The topological polar surface area (TPSA) is 63.2 Å². The molecule has 128 valence electrons. The maximum absolute atomic E-state index is 12.3. The summed E-state index contributed by atoms with van der Waals surface area (Å²) in [5.41, 5.74) is 1.98. The van der Waals surface area contributed by atoms with Gasteiger partial charge in [0.2, 0.25) is 0 Å². The minimum Gasteiger partial charge on any atom is -0.491 e. The van der Waals surface area contributed by atoms with Crippen LogP contribution in [0.2, 0.25) is 0 Å². The van der Waals surface area contributed by atoms with Crippen molar-refractivity contribution >= 4 is 17.3 Å². The van der Waals surface area contributed by atoms with Crippen molar-refractivity contribution in [3.8, 4) is 5.75 Å². The fraction of sp³-hybridized carbons (Fsp3) is 0.368. The van der Waals surface area contributed by atoms with Crippen molar-refractivity contribution in [3.05, 3.63) is 48.3 Å². The van der Waals surface area contributed by atoms with Gasteiger partial charge in [0.15, 0.2) is 0 Å². The van der Waals surface area contributed by atoms with Crippen LogP contribution in [-0.2, 0) is 0 Å². The fourth-order valence-electron chi connectivity index (χ4n) is 2.07. The van der Waals surface area contributed by atoms with Gasteiger partial charge < -0.3 is 15.4 Å². The Morgan fingerprint density at radius 3 is 2.42 bits per heavy atom. The third kappa shape index (κ3) is 5.57. The molecule has 5 heteroatoms. The minimum atomic E-state index is -0.235. The Balaban J connectivity index is 2.00. The zero-order chi connectivity index (χ0) is 17.5. The van der Waals surface area contributed by atoms with Crippen molar-refractivity contribution < 1.29 is 9.53 Å². The number of hydrogen-bond donors (Lipinski definition) is 2. The van der Waals surface area contributed by atoms with E-state index in [2.05, 4.69) is 29.5 Å². The highest BCUT2D eigenvalue weighted by Crippen LogP contribution is 2.18. The first-order valence-electron chi connectivity index (χ1n) is 8.22. The van der Waals surface area contributed by atoms with Gasteiger partial charge in [-0.05, 0) is 56.2 Å². The molecule has 24 heavy (non-hydrogen) atoms. The highest BCUT2D eigenvalue weighted by Gasteiger charge is 2.09. The maximum atomic E-state index is 12.3. The predicted molar refractivity (Wildman–Crippen MR) is 97.7 cm³/mol. The number of pyridine rings is 1. The molecule has 1 aromatic carbocycles. The van der Waals surface area contributed by atoms with E-state index in [0.29, 0.717) is 17.3 Å². The summed E-state index contributed by atoms with van der Waals surface area (Å²) in [6.45, 7) is 9.06. The Hall–Kier alpha value is -2.56. The molecule has 0 spiro atoms. The summed E-state index contributed by atoms with van der Waals surface area (Å²) in [5, 5.41) is 6.14. The molecule has 0 bridgehead atoms. The monoisotopic (exact) mass is 327 g/mol. The lowest BCUT2D eigenvalue weighted by Crippen LogP contribution is -2.15. The van der Waals surface area contributed by atoms with E-state index in [9.17, 15) is 4.79 Å². The van der Waals surface area contributed by atoms with E-state index in [4.69, 9.17) is 4.74 Å². The number of anilines is 2. The van der Waals surface area contributed by atoms with Crippen molar-refractivity contribution in [2.75, 3.05) is 17.2 Å². The molecule has 0 fully saturated rings. The second-order valence-corrected chi connectivity index (χ2v) is 6.35. The van der Waals surface area contributed by atoms with Gasteiger partial charge in [0.25, 0.3) is 5.91 Å². The number of nitrogens with zero attached hydrogens (tertiary/aromatic N) is 1.